The molecule has 0 saturated carbocycles. The van der Waals surface area contributed by atoms with Crippen LogP contribution in [0.25, 0.3) is 0 Å². The lowest BCUT2D eigenvalue weighted by molar-refractivity contribution is 0.252. The maximum absolute atomic E-state index is 5.64. The molecule has 0 unspecified atom stereocenters. The average Bonchev–Trinajstić information content (AvgIpc) is 2.67. The van der Waals surface area contributed by atoms with Gasteiger partial charge in [-0.05, 0) is 68.6 Å². The fraction of sp³-hybridized carbons (Fsp3) is 0.455. The van der Waals surface area contributed by atoms with E-state index in [-0.39, 0.29) is 0 Å². The highest BCUT2D eigenvalue weighted by atomic mass is 16.5. The van der Waals surface area contributed by atoms with Gasteiger partial charge in [0.2, 0.25) is 0 Å². The summed E-state index contributed by atoms with van der Waals surface area (Å²) in [4.78, 5) is 2.41. The Morgan fingerprint density at radius 2 is 1.84 bits per heavy atom. The lowest BCUT2D eigenvalue weighted by atomic mass is 9.88. The first kappa shape index (κ1) is 18.0. The van der Waals surface area contributed by atoms with Crippen LogP contribution >= 0.6 is 0 Å². The van der Waals surface area contributed by atoms with Gasteiger partial charge >= 0.3 is 0 Å². The molecule has 3 nitrogen and oxygen atoms in total. The molecule has 2 aromatic rings. The van der Waals surface area contributed by atoms with Gasteiger partial charge in [0.05, 0.1) is 7.11 Å². The standard InChI is InChI=1S/C22H30N2O/c1-17(19-7-5-4-6-8-19)23-16-18-9-10-22(25-3)21(15-18)20-11-13-24(2)14-12-20/h4-10,15,17,20,23H,11-14,16H2,1-3H3/t17-/m1/s1. The van der Waals surface area contributed by atoms with Crippen LogP contribution in [0.2, 0.25) is 0 Å². The van der Waals surface area contributed by atoms with Crippen molar-refractivity contribution >= 4 is 0 Å². The van der Waals surface area contributed by atoms with Gasteiger partial charge in [0, 0.05) is 12.6 Å². The van der Waals surface area contributed by atoms with Crippen molar-refractivity contribution in [3.05, 3.63) is 65.2 Å². The Labute approximate surface area is 152 Å². The van der Waals surface area contributed by atoms with E-state index in [0.29, 0.717) is 12.0 Å². The molecule has 1 fully saturated rings. The molecule has 2 aromatic carbocycles. The molecule has 0 aliphatic carbocycles. The van der Waals surface area contributed by atoms with Crippen LogP contribution in [0.15, 0.2) is 48.5 Å². The van der Waals surface area contributed by atoms with Crippen molar-refractivity contribution in [2.45, 2.75) is 38.3 Å². The molecule has 3 rings (SSSR count). The summed E-state index contributed by atoms with van der Waals surface area (Å²) in [7, 11) is 3.99. The minimum atomic E-state index is 0.343. The van der Waals surface area contributed by atoms with E-state index in [9.17, 15) is 0 Å². The summed E-state index contributed by atoms with van der Waals surface area (Å²) in [5, 5.41) is 3.64. The number of hydrogen-bond acceptors (Lipinski definition) is 3. The molecule has 1 heterocycles. The van der Waals surface area contributed by atoms with Crippen molar-refractivity contribution in [3.8, 4) is 5.75 Å². The zero-order chi connectivity index (χ0) is 17.6. The van der Waals surface area contributed by atoms with Gasteiger partial charge in [0.1, 0.15) is 5.75 Å². The molecule has 1 aliphatic rings. The second-order valence-electron chi connectivity index (χ2n) is 7.17. The zero-order valence-corrected chi connectivity index (χ0v) is 15.7. The SMILES string of the molecule is COc1ccc(CN[C@H](C)c2ccccc2)cc1C1CCN(C)CC1. The molecule has 1 atom stereocenters. The Morgan fingerprint density at radius 3 is 2.52 bits per heavy atom. The third-order valence-corrected chi connectivity index (χ3v) is 5.36. The van der Waals surface area contributed by atoms with Crippen molar-refractivity contribution in [2.75, 3.05) is 27.2 Å². The van der Waals surface area contributed by atoms with Crippen LogP contribution in [0, 0.1) is 0 Å². The van der Waals surface area contributed by atoms with Crippen molar-refractivity contribution in [1.82, 2.24) is 10.2 Å². The topological polar surface area (TPSA) is 24.5 Å². The van der Waals surface area contributed by atoms with Crippen LogP contribution in [0.5, 0.6) is 5.75 Å². The van der Waals surface area contributed by atoms with E-state index in [1.165, 1.54) is 42.6 Å². The normalized spacial score (nSPS) is 17.4. The minimum absolute atomic E-state index is 0.343. The fourth-order valence-corrected chi connectivity index (χ4v) is 3.66. The largest absolute Gasteiger partial charge is 0.496 e. The van der Waals surface area contributed by atoms with Crippen LogP contribution in [0.4, 0.5) is 0 Å². The minimum Gasteiger partial charge on any atom is -0.496 e. The molecule has 0 aromatic heterocycles. The van der Waals surface area contributed by atoms with E-state index >= 15 is 0 Å². The zero-order valence-electron chi connectivity index (χ0n) is 15.7. The van der Waals surface area contributed by atoms with Crippen molar-refractivity contribution in [1.29, 1.82) is 0 Å². The number of nitrogens with one attached hydrogen (secondary N) is 1. The van der Waals surface area contributed by atoms with Crippen LogP contribution < -0.4 is 10.1 Å². The van der Waals surface area contributed by atoms with E-state index in [1.54, 1.807) is 7.11 Å². The summed E-state index contributed by atoms with van der Waals surface area (Å²) in [5.74, 6) is 1.65. The summed E-state index contributed by atoms with van der Waals surface area (Å²) in [6.45, 7) is 5.43. The maximum atomic E-state index is 5.64. The molecule has 3 heteroatoms. The average molecular weight is 338 g/mol. The predicted octanol–water partition coefficient (Wildman–Crippen LogP) is 4.36. The highest BCUT2D eigenvalue weighted by molar-refractivity contribution is 5.40. The lowest BCUT2D eigenvalue weighted by Crippen LogP contribution is -2.29. The van der Waals surface area contributed by atoms with Gasteiger partial charge in [-0.25, -0.2) is 0 Å². The fourth-order valence-electron chi connectivity index (χ4n) is 3.66. The Balaban J connectivity index is 1.69. The Kier molecular flexibility index (Phi) is 6.11. The molecule has 25 heavy (non-hydrogen) atoms. The second-order valence-corrected chi connectivity index (χ2v) is 7.17. The van der Waals surface area contributed by atoms with Crippen molar-refractivity contribution < 1.29 is 4.74 Å². The number of piperidine rings is 1. The molecule has 0 radical (unpaired) electrons. The van der Waals surface area contributed by atoms with Gasteiger partial charge in [-0.2, -0.15) is 0 Å². The third kappa shape index (κ3) is 4.62. The monoisotopic (exact) mass is 338 g/mol. The number of methoxy groups -OCH3 is 1. The van der Waals surface area contributed by atoms with Gasteiger partial charge < -0.3 is 15.0 Å². The number of likely N-dealkylation sites (tertiary alicyclic amines) is 1. The summed E-state index contributed by atoms with van der Waals surface area (Å²) in [6, 6.07) is 17.6. The molecule has 0 spiro atoms. The van der Waals surface area contributed by atoms with Gasteiger partial charge in [-0.1, -0.05) is 42.5 Å². The van der Waals surface area contributed by atoms with Gasteiger partial charge in [0.25, 0.3) is 0 Å². The Morgan fingerprint density at radius 1 is 1.12 bits per heavy atom. The Bertz CT molecular complexity index is 663. The molecule has 1 saturated heterocycles. The summed E-state index contributed by atoms with van der Waals surface area (Å²) in [5.41, 5.74) is 4.03. The van der Waals surface area contributed by atoms with E-state index in [1.807, 2.05) is 0 Å². The Hall–Kier alpha value is -1.84. The second kappa shape index (κ2) is 8.50. The summed E-state index contributed by atoms with van der Waals surface area (Å²) < 4.78 is 5.64. The van der Waals surface area contributed by atoms with Crippen LogP contribution in [0.1, 0.15) is 48.4 Å². The highest BCUT2D eigenvalue weighted by Crippen LogP contribution is 2.34. The van der Waals surface area contributed by atoms with Crippen LogP contribution in [0.3, 0.4) is 0 Å². The van der Waals surface area contributed by atoms with Crippen molar-refractivity contribution in [3.63, 3.8) is 0 Å². The molecule has 134 valence electrons. The predicted molar refractivity (Wildman–Crippen MR) is 104 cm³/mol. The van der Waals surface area contributed by atoms with Gasteiger partial charge in [-0.15, -0.1) is 0 Å². The highest BCUT2D eigenvalue weighted by Gasteiger charge is 2.21. The van der Waals surface area contributed by atoms with Crippen LogP contribution in [-0.4, -0.2) is 32.1 Å². The first-order valence-corrected chi connectivity index (χ1v) is 9.31. The smallest absolute Gasteiger partial charge is 0.122 e. The van der Waals surface area contributed by atoms with Crippen LogP contribution in [-0.2, 0) is 6.54 Å². The molecule has 1 N–H and O–H groups in total. The van der Waals surface area contributed by atoms with E-state index < -0.39 is 0 Å². The number of hydrogen-bond donors (Lipinski definition) is 1. The van der Waals surface area contributed by atoms with E-state index in [4.69, 9.17) is 4.74 Å². The summed E-state index contributed by atoms with van der Waals surface area (Å²) in [6.07, 6.45) is 2.42. The number of nitrogens with zero attached hydrogens (tertiary/aromatic N) is 1. The maximum Gasteiger partial charge on any atom is 0.122 e. The van der Waals surface area contributed by atoms with E-state index in [0.717, 1.165) is 12.3 Å². The quantitative estimate of drug-likeness (QED) is 0.847. The van der Waals surface area contributed by atoms with Gasteiger partial charge in [-0.3, -0.25) is 0 Å². The van der Waals surface area contributed by atoms with Crippen molar-refractivity contribution in [2.24, 2.45) is 0 Å². The summed E-state index contributed by atoms with van der Waals surface area (Å²) >= 11 is 0. The van der Waals surface area contributed by atoms with Gasteiger partial charge in [0.15, 0.2) is 0 Å². The molecule has 0 amide bonds. The first-order valence-electron chi connectivity index (χ1n) is 9.31. The molecule has 1 aliphatic heterocycles. The first-order chi connectivity index (χ1) is 12.2. The molecular formula is C22H30N2O. The number of benzene rings is 2. The molecule has 0 bridgehead atoms. The van der Waals surface area contributed by atoms with E-state index in [2.05, 4.69) is 72.7 Å². The number of ether oxygens (including phenoxy) is 1. The number of rotatable bonds is 6. The lowest BCUT2D eigenvalue weighted by Gasteiger charge is -2.30. The molecular weight excluding hydrogens is 308 g/mol. The third-order valence-electron chi connectivity index (χ3n) is 5.36.